The molecule has 1 aliphatic heterocycles. The molecule has 14 heavy (non-hydrogen) atoms. The lowest BCUT2D eigenvalue weighted by Crippen LogP contribution is -2.35. The second kappa shape index (κ2) is 4.60. The molecule has 0 spiro atoms. The van der Waals surface area contributed by atoms with Gasteiger partial charge in [0.2, 0.25) is 5.91 Å². The van der Waals surface area contributed by atoms with E-state index in [0.29, 0.717) is 12.0 Å². The summed E-state index contributed by atoms with van der Waals surface area (Å²) in [7, 11) is 0. The first-order valence-corrected chi connectivity index (χ1v) is 5.54. The summed E-state index contributed by atoms with van der Waals surface area (Å²) in [5, 5.41) is 6.22. The average Bonchev–Trinajstić information content (AvgIpc) is 2.54. The number of amides is 1. The number of carbonyl (C=O) groups is 1. The first-order chi connectivity index (χ1) is 6.84. The minimum atomic E-state index is 0.0746. The fourth-order valence-electron chi connectivity index (χ4n) is 1.88. The van der Waals surface area contributed by atoms with E-state index in [1.165, 1.54) is 19.3 Å². The van der Waals surface area contributed by atoms with Gasteiger partial charge in [-0.3, -0.25) is 4.79 Å². The normalized spacial score (nSPS) is 27.9. The van der Waals surface area contributed by atoms with E-state index in [4.69, 9.17) is 0 Å². The van der Waals surface area contributed by atoms with Crippen LogP contribution in [0, 0.1) is 5.92 Å². The van der Waals surface area contributed by atoms with Gasteiger partial charge < -0.3 is 10.6 Å². The molecule has 1 heterocycles. The molecule has 0 aromatic carbocycles. The fourth-order valence-corrected chi connectivity index (χ4v) is 1.88. The molecule has 0 aromatic heterocycles. The molecule has 2 rings (SSSR count). The van der Waals surface area contributed by atoms with Crippen LogP contribution in [0.4, 0.5) is 0 Å². The van der Waals surface area contributed by atoms with Gasteiger partial charge in [-0.2, -0.15) is 0 Å². The van der Waals surface area contributed by atoms with Crippen molar-refractivity contribution in [3.05, 3.63) is 12.2 Å². The maximum absolute atomic E-state index is 11.4. The van der Waals surface area contributed by atoms with Crippen LogP contribution >= 0.6 is 0 Å². The lowest BCUT2D eigenvalue weighted by Gasteiger charge is -2.21. The zero-order valence-electron chi connectivity index (χ0n) is 8.46. The highest BCUT2D eigenvalue weighted by atomic mass is 16.1. The summed E-state index contributed by atoms with van der Waals surface area (Å²) in [5.41, 5.74) is 0. The Bertz CT molecular complexity index is 227. The van der Waals surface area contributed by atoms with Crippen LogP contribution in [0.3, 0.4) is 0 Å². The minimum Gasteiger partial charge on any atom is -0.349 e. The summed E-state index contributed by atoms with van der Waals surface area (Å²) in [4.78, 5) is 11.4. The van der Waals surface area contributed by atoms with Crippen molar-refractivity contribution in [3.63, 3.8) is 0 Å². The predicted molar refractivity (Wildman–Crippen MR) is 55.9 cm³/mol. The molecule has 2 N–H and O–H groups in total. The van der Waals surface area contributed by atoms with Crippen molar-refractivity contribution in [3.8, 4) is 0 Å². The molecule has 0 bridgehead atoms. The first-order valence-electron chi connectivity index (χ1n) is 5.54. The number of carbonyl (C=O) groups excluding carboxylic acids is 1. The Hall–Kier alpha value is -0.830. The average molecular weight is 194 g/mol. The number of hydrogen-bond acceptors (Lipinski definition) is 2. The maximum Gasteiger partial charge on any atom is 0.243 e. The highest BCUT2D eigenvalue weighted by molar-refractivity contribution is 5.87. The second-order valence-electron chi connectivity index (χ2n) is 4.25. The molecule has 1 saturated carbocycles. The van der Waals surface area contributed by atoms with Gasteiger partial charge in [-0.25, -0.2) is 0 Å². The summed E-state index contributed by atoms with van der Waals surface area (Å²) >= 11 is 0. The van der Waals surface area contributed by atoms with Gasteiger partial charge in [-0.05, 0) is 37.8 Å². The maximum atomic E-state index is 11.4. The third kappa shape index (κ3) is 2.58. The monoisotopic (exact) mass is 194 g/mol. The highest BCUT2D eigenvalue weighted by Gasteiger charge is 2.16. The fraction of sp³-hybridized carbons (Fsp3) is 0.727. The van der Waals surface area contributed by atoms with Crippen molar-refractivity contribution >= 4 is 5.91 Å². The molecule has 3 heteroatoms. The Balaban J connectivity index is 1.69. The van der Waals surface area contributed by atoms with Gasteiger partial charge in [0.05, 0.1) is 0 Å². The molecule has 1 atom stereocenters. The summed E-state index contributed by atoms with van der Waals surface area (Å²) in [5.74, 6) is 0.744. The first kappa shape index (κ1) is 9.71. The van der Waals surface area contributed by atoms with E-state index in [9.17, 15) is 4.79 Å². The van der Waals surface area contributed by atoms with Gasteiger partial charge in [0.1, 0.15) is 0 Å². The second-order valence-corrected chi connectivity index (χ2v) is 4.25. The molecule has 0 aromatic rings. The molecule has 3 nitrogen and oxygen atoms in total. The summed E-state index contributed by atoms with van der Waals surface area (Å²) < 4.78 is 0. The Labute approximate surface area is 84.9 Å². The number of allylic oxidation sites excluding steroid dienone is 1. The Morgan fingerprint density at radius 2 is 2.21 bits per heavy atom. The van der Waals surface area contributed by atoms with Crippen molar-refractivity contribution in [1.29, 1.82) is 0 Å². The molecule has 0 radical (unpaired) electrons. The van der Waals surface area contributed by atoms with E-state index in [2.05, 4.69) is 16.7 Å². The molecule has 2 aliphatic rings. The van der Waals surface area contributed by atoms with Gasteiger partial charge in [-0.1, -0.05) is 12.5 Å². The lowest BCUT2D eigenvalue weighted by atomic mass is 9.85. The largest absolute Gasteiger partial charge is 0.349 e. The van der Waals surface area contributed by atoms with Crippen LogP contribution in [0.15, 0.2) is 12.2 Å². The predicted octanol–water partition coefficient (Wildman–Crippen LogP) is 0.821. The molecule has 2 fully saturated rings. The van der Waals surface area contributed by atoms with Crippen molar-refractivity contribution in [2.45, 2.75) is 31.7 Å². The summed E-state index contributed by atoms with van der Waals surface area (Å²) in [6.45, 7) is 1.94. The number of hydrogen-bond donors (Lipinski definition) is 2. The highest BCUT2D eigenvalue weighted by Crippen LogP contribution is 2.27. The van der Waals surface area contributed by atoms with Gasteiger partial charge in [0.25, 0.3) is 0 Å². The molecule has 1 saturated heterocycles. The van der Waals surface area contributed by atoms with Crippen molar-refractivity contribution in [2.24, 2.45) is 5.92 Å². The zero-order valence-corrected chi connectivity index (χ0v) is 8.46. The van der Waals surface area contributed by atoms with Gasteiger partial charge in [0, 0.05) is 12.6 Å². The molecule has 1 amide bonds. The number of rotatable bonds is 3. The number of nitrogens with one attached hydrogen (secondary N) is 2. The Kier molecular flexibility index (Phi) is 3.19. The van der Waals surface area contributed by atoms with Crippen LogP contribution in [0.5, 0.6) is 0 Å². The zero-order chi connectivity index (χ0) is 9.80. The van der Waals surface area contributed by atoms with Crippen molar-refractivity contribution in [1.82, 2.24) is 10.6 Å². The Morgan fingerprint density at radius 3 is 2.79 bits per heavy atom. The van der Waals surface area contributed by atoms with Crippen LogP contribution < -0.4 is 10.6 Å². The molecule has 78 valence electrons. The van der Waals surface area contributed by atoms with Crippen LogP contribution in [-0.2, 0) is 4.79 Å². The van der Waals surface area contributed by atoms with Gasteiger partial charge >= 0.3 is 0 Å². The smallest absolute Gasteiger partial charge is 0.243 e. The molecular formula is C11H18N2O. The van der Waals surface area contributed by atoms with Crippen molar-refractivity contribution in [2.75, 3.05) is 13.1 Å². The van der Waals surface area contributed by atoms with Crippen LogP contribution in [-0.4, -0.2) is 25.0 Å². The topological polar surface area (TPSA) is 41.1 Å². The van der Waals surface area contributed by atoms with E-state index in [1.807, 2.05) is 0 Å². The quantitative estimate of drug-likeness (QED) is 0.653. The summed E-state index contributed by atoms with van der Waals surface area (Å²) in [6.07, 6.45) is 8.67. The van der Waals surface area contributed by atoms with Crippen LogP contribution in [0.2, 0.25) is 0 Å². The van der Waals surface area contributed by atoms with Crippen LogP contribution in [0.1, 0.15) is 25.7 Å². The third-order valence-electron chi connectivity index (χ3n) is 3.08. The Morgan fingerprint density at radius 1 is 1.36 bits per heavy atom. The molecule has 1 aliphatic carbocycles. The van der Waals surface area contributed by atoms with Crippen LogP contribution in [0.25, 0.3) is 0 Å². The van der Waals surface area contributed by atoms with E-state index in [-0.39, 0.29) is 5.91 Å². The summed E-state index contributed by atoms with van der Waals surface area (Å²) in [6, 6.07) is 0.341. The van der Waals surface area contributed by atoms with Gasteiger partial charge in [-0.15, -0.1) is 0 Å². The minimum absolute atomic E-state index is 0.0746. The van der Waals surface area contributed by atoms with Gasteiger partial charge in [0.15, 0.2) is 0 Å². The standard InChI is InChI=1S/C11H18N2O/c14-11(5-4-9-2-1-3-9)13-10-6-7-12-8-10/h4-5,9-10,12H,1-3,6-8H2,(H,13,14)/b5-4+. The van der Waals surface area contributed by atoms with E-state index in [1.54, 1.807) is 6.08 Å². The van der Waals surface area contributed by atoms with E-state index >= 15 is 0 Å². The lowest BCUT2D eigenvalue weighted by molar-refractivity contribution is -0.117. The van der Waals surface area contributed by atoms with E-state index in [0.717, 1.165) is 19.5 Å². The SMILES string of the molecule is O=C(/C=C/C1CCC1)NC1CCNC1. The third-order valence-corrected chi connectivity index (χ3v) is 3.08. The molecule has 1 unspecified atom stereocenters. The van der Waals surface area contributed by atoms with Crippen molar-refractivity contribution < 1.29 is 4.79 Å². The molecular weight excluding hydrogens is 176 g/mol. The van der Waals surface area contributed by atoms with E-state index < -0.39 is 0 Å².